The standard InChI is InChI=1S/C62H93N19O16/c1-9-31(5)49(80-58(92)44-17-14-20-81(44)61(95)48(30(3)4)78-60(94)50(32(6)10-2)79-57(91)43(25-47(66)84)73-51(85)33(7)63)59(93)77-40(22-36-26-67-28-69-36)53(87)71-34(8)52(86)74-42(24-46(65)83)56(90)76-41(23-37-27-68-29-70-37)55(89)75-39(21-35-15-12-11-13-16-35)54(88)72-38(62(96)97)18-19-45(64)82/h11-13,15-16,26-34,38-44,48-50H,9-10,14,17-25,63H2,1-8H3,(H2,64,82)(H2,65,83)(H2,66,84)(H,67,69)(H,68,70)(H,71,87)(H,72,88)(H,73,85)(H,74,86)(H,75,89)(H,76,90)(H,77,93)(H,78,94)(H,79,91)(H,80,92)(H,96,97)/t31-,32-,33-,34-,38-,39-,40-,41-,42-,43-,44-,48-,49-,50-/m0/s1. The maximum absolute atomic E-state index is 14.6. The zero-order valence-corrected chi connectivity index (χ0v) is 55.6. The topological polar surface area (TPSA) is 561 Å². The summed E-state index contributed by atoms with van der Waals surface area (Å²) in [5, 5.41) is 35.2. The molecule has 97 heavy (non-hydrogen) atoms. The molecule has 0 bridgehead atoms. The first-order chi connectivity index (χ1) is 45.7. The van der Waals surface area contributed by atoms with Gasteiger partial charge in [0, 0.05) is 56.0 Å². The summed E-state index contributed by atoms with van der Waals surface area (Å²) < 4.78 is 0. The number of carbonyl (C=O) groups is 15. The molecule has 14 amide bonds. The predicted octanol–water partition coefficient (Wildman–Crippen LogP) is -4.78. The van der Waals surface area contributed by atoms with Crippen LogP contribution in [0.3, 0.4) is 0 Å². The molecule has 3 aromatic rings. The number of hydrogen-bond acceptors (Lipinski definition) is 18. The fraction of sp³-hybridized carbons (Fsp3) is 0.565. The first-order valence-corrected chi connectivity index (χ1v) is 31.9. The number of imidazole rings is 2. The maximum Gasteiger partial charge on any atom is 0.326 e. The smallest absolute Gasteiger partial charge is 0.326 e. The number of aromatic amines is 2. The Morgan fingerprint density at radius 2 is 0.959 bits per heavy atom. The van der Waals surface area contributed by atoms with E-state index in [9.17, 15) is 77.0 Å². The SMILES string of the molecule is CC[C@H](C)[C@H](NC(=O)[C@H](CC(N)=O)NC(=O)[C@H](C)N)C(=O)N[C@H](C(=O)N1CCC[C@H]1C(=O)N[C@H](C(=O)N[C@@H](Cc1cnc[nH]1)C(=O)N[C@@H](C)C(=O)N[C@@H](CC(N)=O)C(=O)N[C@@H](Cc1cnc[nH]1)C(=O)N[C@@H](Cc1ccccc1)C(=O)N[C@@H](CCC(N)=O)C(=O)O)[C@@H](C)CC)C(C)C. The normalized spacial score (nSPS) is 16.8. The van der Waals surface area contributed by atoms with E-state index in [0.29, 0.717) is 36.2 Å². The Balaban J connectivity index is 1.53. The number of nitrogens with zero attached hydrogens (tertiary/aromatic N) is 3. The zero-order valence-electron chi connectivity index (χ0n) is 55.6. The third-order valence-electron chi connectivity index (χ3n) is 16.3. The number of aliphatic carboxylic acids is 1. The van der Waals surface area contributed by atoms with Gasteiger partial charge in [-0.3, -0.25) is 67.1 Å². The van der Waals surface area contributed by atoms with Gasteiger partial charge < -0.3 is 96.1 Å². The van der Waals surface area contributed by atoms with Gasteiger partial charge in [0.25, 0.3) is 0 Å². The molecule has 1 aliphatic heterocycles. The Labute approximate surface area is 559 Å². The van der Waals surface area contributed by atoms with Crippen LogP contribution in [0.25, 0.3) is 0 Å². The molecule has 1 aromatic carbocycles. The number of primary amides is 3. The molecule has 1 fully saturated rings. The molecule has 0 radical (unpaired) electrons. The highest BCUT2D eigenvalue weighted by atomic mass is 16.4. The molecule has 0 aliphatic carbocycles. The number of H-pyrrole nitrogens is 2. The largest absolute Gasteiger partial charge is 0.480 e. The van der Waals surface area contributed by atoms with E-state index >= 15 is 0 Å². The number of nitrogens with one attached hydrogen (secondary N) is 12. The van der Waals surface area contributed by atoms with Gasteiger partial charge in [-0.2, -0.15) is 0 Å². The Hall–Kier alpha value is -10.4. The molecule has 0 spiro atoms. The van der Waals surface area contributed by atoms with Crippen LogP contribution in [0.1, 0.15) is 124 Å². The van der Waals surface area contributed by atoms with Crippen molar-refractivity contribution in [3.8, 4) is 0 Å². The Kier molecular flexibility index (Phi) is 31.2. The molecule has 3 heterocycles. The van der Waals surface area contributed by atoms with Crippen LogP contribution < -0.4 is 76.1 Å². The second-order valence-electron chi connectivity index (χ2n) is 24.5. The number of amides is 14. The fourth-order valence-corrected chi connectivity index (χ4v) is 10.3. The number of likely N-dealkylation sites (tertiary alicyclic amines) is 1. The predicted molar refractivity (Wildman–Crippen MR) is 346 cm³/mol. The highest BCUT2D eigenvalue weighted by Crippen LogP contribution is 2.23. The van der Waals surface area contributed by atoms with E-state index in [4.69, 9.17) is 22.9 Å². The van der Waals surface area contributed by atoms with Crippen LogP contribution in [0.5, 0.6) is 0 Å². The summed E-state index contributed by atoms with van der Waals surface area (Å²) in [5.74, 6) is -15.8. The highest BCUT2D eigenvalue weighted by Gasteiger charge is 2.43. The number of carbonyl (C=O) groups excluding carboxylic acids is 14. The van der Waals surface area contributed by atoms with Crippen molar-refractivity contribution in [2.75, 3.05) is 6.54 Å². The molecule has 1 saturated heterocycles. The summed E-state index contributed by atoms with van der Waals surface area (Å²) in [6, 6.07) is -8.81. The molecule has 35 heteroatoms. The summed E-state index contributed by atoms with van der Waals surface area (Å²) in [6.45, 7) is 12.8. The second kappa shape index (κ2) is 38.3. The molecular weight excluding hydrogens is 1270 g/mol. The number of carboxylic acids is 1. The number of benzene rings is 1. The minimum absolute atomic E-state index is 0.0748. The molecule has 35 nitrogen and oxygen atoms in total. The lowest BCUT2D eigenvalue weighted by Gasteiger charge is -2.33. The van der Waals surface area contributed by atoms with Gasteiger partial charge in [0.05, 0.1) is 31.5 Å². The first-order valence-electron chi connectivity index (χ1n) is 31.9. The van der Waals surface area contributed by atoms with Gasteiger partial charge in [0.2, 0.25) is 82.7 Å². The Morgan fingerprint density at radius 1 is 0.526 bits per heavy atom. The van der Waals surface area contributed by atoms with Crippen LogP contribution in [0, 0.1) is 17.8 Å². The van der Waals surface area contributed by atoms with Gasteiger partial charge >= 0.3 is 5.97 Å². The number of rotatable bonds is 40. The van der Waals surface area contributed by atoms with Crippen molar-refractivity contribution < 1.29 is 77.0 Å². The van der Waals surface area contributed by atoms with Crippen LogP contribution >= 0.6 is 0 Å². The van der Waals surface area contributed by atoms with Crippen molar-refractivity contribution in [1.82, 2.24) is 78.0 Å². The van der Waals surface area contributed by atoms with Gasteiger partial charge in [-0.15, -0.1) is 0 Å². The van der Waals surface area contributed by atoms with Crippen molar-refractivity contribution in [3.63, 3.8) is 0 Å². The molecule has 14 atom stereocenters. The average molecular weight is 1360 g/mol. The van der Waals surface area contributed by atoms with E-state index in [-0.39, 0.29) is 38.6 Å². The molecule has 2 aromatic heterocycles. The molecule has 4 rings (SSSR count). The van der Waals surface area contributed by atoms with Crippen LogP contribution in [0.2, 0.25) is 0 Å². The monoisotopic (exact) mass is 1360 g/mol. The molecular formula is C62H93N19O16. The summed E-state index contributed by atoms with van der Waals surface area (Å²) in [6.07, 6.45) is 3.47. The van der Waals surface area contributed by atoms with Crippen LogP contribution in [-0.4, -0.2) is 198 Å². The van der Waals surface area contributed by atoms with Gasteiger partial charge in [-0.1, -0.05) is 84.7 Å². The minimum Gasteiger partial charge on any atom is -0.480 e. The lowest BCUT2D eigenvalue weighted by atomic mass is 9.95. The van der Waals surface area contributed by atoms with E-state index < -0.39 is 198 Å². The highest BCUT2D eigenvalue weighted by molar-refractivity contribution is 6.01. The van der Waals surface area contributed by atoms with Crippen LogP contribution in [0.15, 0.2) is 55.4 Å². The molecule has 0 unspecified atom stereocenters. The third-order valence-corrected chi connectivity index (χ3v) is 16.3. The maximum atomic E-state index is 14.6. The number of carboxylic acid groups (broad SMARTS) is 1. The van der Waals surface area contributed by atoms with E-state index in [1.54, 1.807) is 71.9 Å². The van der Waals surface area contributed by atoms with Crippen molar-refractivity contribution in [1.29, 1.82) is 0 Å². The van der Waals surface area contributed by atoms with Crippen LogP contribution in [0.4, 0.5) is 0 Å². The summed E-state index contributed by atoms with van der Waals surface area (Å²) in [5.41, 5.74) is 23.0. The van der Waals surface area contributed by atoms with E-state index in [1.165, 1.54) is 43.8 Å². The summed E-state index contributed by atoms with van der Waals surface area (Å²) in [4.78, 5) is 217. The van der Waals surface area contributed by atoms with Crippen molar-refractivity contribution in [3.05, 3.63) is 72.3 Å². The zero-order chi connectivity index (χ0) is 72.4. The van der Waals surface area contributed by atoms with Gasteiger partial charge in [0.15, 0.2) is 0 Å². The number of aromatic nitrogens is 4. The van der Waals surface area contributed by atoms with Gasteiger partial charge in [-0.05, 0) is 56.4 Å². The first kappa shape index (κ1) is 79.1. The molecule has 0 saturated carbocycles. The second-order valence-corrected chi connectivity index (χ2v) is 24.5. The minimum atomic E-state index is -1.81. The molecule has 532 valence electrons. The van der Waals surface area contributed by atoms with Gasteiger partial charge in [-0.25, -0.2) is 14.8 Å². The lowest BCUT2D eigenvalue weighted by Crippen LogP contribution is -2.62. The quantitative estimate of drug-likeness (QED) is 0.0254. The third kappa shape index (κ3) is 25.1. The van der Waals surface area contributed by atoms with Crippen molar-refractivity contribution in [2.24, 2.45) is 40.7 Å². The average Bonchev–Trinajstić information content (AvgIpc) is 1.77. The number of hydrogen-bond donors (Lipinski definition) is 17. The van der Waals surface area contributed by atoms with E-state index in [2.05, 4.69) is 73.1 Å². The summed E-state index contributed by atoms with van der Waals surface area (Å²) in [7, 11) is 0. The Bertz CT molecular complexity index is 3240. The lowest BCUT2D eigenvalue weighted by molar-refractivity contribution is -0.144. The molecule has 21 N–H and O–H groups in total. The summed E-state index contributed by atoms with van der Waals surface area (Å²) >= 11 is 0. The van der Waals surface area contributed by atoms with E-state index in [0.717, 1.165) is 0 Å². The number of nitrogens with two attached hydrogens (primary N) is 4. The van der Waals surface area contributed by atoms with E-state index in [1.807, 2.05) is 0 Å². The van der Waals surface area contributed by atoms with Crippen molar-refractivity contribution in [2.45, 2.75) is 199 Å². The fourth-order valence-electron chi connectivity index (χ4n) is 10.3. The van der Waals surface area contributed by atoms with Crippen molar-refractivity contribution >= 4 is 88.7 Å². The Morgan fingerprint density at radius 3 is 1.42 bits per heavy atom. The van der Waals surface area contributed by atoms with Gasteiger partial charge in [0.1, 0.15) is 66.5 Å². The molecule has 1 aliphatic rings. The van der Waals surface area contributed by atoms with Crippen LogP contribution in [-0.2, 0) is 91.2 Å².